The van der Waals surface area contributed by atoms with E-state index in [9.17, 15) is 9.59 Å². The molecule has 196 valence electrons. The van der Waals surface area contributed by atoms with Crippen molar-refractivity contribution in [1.29, 1.82) is 0 Å². The zero-order valence-corrected chi connectivity index (χ0v) is 20.4. The van der Waals surface area contributed by atoms with Gasteiger partial charge in [-0.15, -0.1) is 0 Å². The Bertz CT molecular complexity index is 911. The number of amides is 2. The highest BCUT2D eigenvalue weighted by Gasteiger charge is 2.28. The van der Waals surface area contributed by atoms with E-state index in [0.717, 1.165) is 22.3 Å². The van der Waals surface area contributed by atoms with E-state index >= 15 is 0 Å². The summed E-state index contributed by atoms with van der Waals surface area (Å²) in [6.45, 7) is 3.63. The lowest BCUT2D eigenvalue weighted by atomic mass is 9.98. The Kier molecular flexibility index (Phi) is 12.2. The summed E-state index contributed by atoms with van der Waals surface area (Å²) in [5.74, 6) is -0.413. The molecule has 0 unspecified atom stereocenters. The van der Waals surface area contributed by atoms with Crippen molar-refractivity contribution >= 4 is 12.0 Å². The van der Waals surface area contributed by atoms with Gasteiger partial charge in [0.2, 0.25) is 5.91 Å². The minimum absolute atomic E-state index is 0.0174. The highest BCUT2D eigenvalue weighted by Crippen LogP contribution is 2.44. The van der Waals surface area contributed by atoms with Crippen molar-refractivity contribution < 1.29 is 33.3 Å². The molecule has 36 heavy (non-hydrogen) atoms. The van der Waals surface area contributed by atoms with Crippen LogP contribution in [0.4, 0.5) is 4.79 Å². The largest absolute Gasteiger partial charge is 0.449 e. The molecule has 0 aliphatic heterocycles. The maximum atomic E-state index is 12.1. The second kappa shape index (κ2) is 15.9. The molecule has 0 saturated carbocycles. The molecule has 2 amide bonds. The fourth-order valence-electron chi connectivity index (χ4n) is 3.81. The molecule has 1 aliphatic carbocycles. The van der Waals surface area contributed by atoms with Crippen molar-refractivity contribution in [1.82, 2.24) is 10.6 Å². The number of fused-ring (bicyclic) bond motifs is 3. The normalized spacial score (nSPS) is 12.1. The Morgan fingerprint density at radius 3 is 1.83 bits per heavy atom. The average molecular weight is 502 g/mol. The van der Waals surface area contributed by atoms with Crippen molar-refractivity contribution in [3.05, 3.63) is 59.7 Å². The van der Waals surface area contributed by atoms with Crippen LogP contribution in [0.1, 0.15) is 17.0 Å². The van der Waals surface area contributed by atoms with E-state index in [2.05, 4.69) is 34.9 Å². The van der Waals surface area contributed by atoms with Crippen molar-refractivity contribution in [3.63, 3.8) is 0 Å². The SMILES string of the molecule is NCCOCCOCCOCCOCNC(=O)CNC(=O)OCC1c2ccccc2-c2ccccc21. The summed E-state index contributed by atoms with van der Waals surface area (Å²) in [6.07, 6.45) is -0.644. The van der Waals surface area contributed by atoms with Crippen LogP contribution in [0.15, 0.2) is 48.5 Å². The lowest BCUT2D eigenvalue weighted by molar-refractivity contribution is -0.122. The van der Waals surface area contributed by atoms with Crippen LogP contribution in [0.2, 0.25) is 0 Å². The molecule has 4 N–H and O–H groups in total. The Labute approximate surface area is 211 Å². The van der Waals surface area contributed by atoms with Crippen molar-refractivity contribution in [3.8, 4) is 11.1 Å². The van der Waals surface area contributed by atoms with E-state index in [4.69, 9.17) is 29.4 Å². The van der Waals surface area contributed by atoms with Crippen LogP contribution in [0.5, 0.6) is 0 Å². The Balaban J connectivity index is 1.20. The van der Waals surface area contributed by atoms with Gasteiger partial charge in [-0.2, -0.15) is 0 Å². The molecule has 3 rings (SSSR count). The van der Waals surface area contributed by atoms with Crippen LogP contribution < -0.4 is 16.4 Å². The van der Waals surface area contributed by atoms with Gasteiger partial charge in [0, 0.05) is 12.5 Å². The standard InChI is InChI=1S/C26H35N3O7/c27-9-10-32-11-12-33-13-14-34-15-16-35-19-29-25(30)17-28-26(31)36-18-24-22-7-3-1-5-20(22)21-6-2-4-8-23(21)24/h1-8,24H,9-19,27H2,(H,28,31)(H,29,30). The third-order valence-corrected chi connectivity index (χ3v) is 5.49. The number of nitrogens with two attached hydrogens (primary N) is 1. The summed E-state index contributed by atoms with van der Waals surface area (Å²) >= 11 is 0. The maximum absolute atomic E-state index is 12.1. The van der Waals surface area contributed by atoms with Gasteiger partial charge in [0.15, 0.2) is 0 Å². The van der Waals surface area contributed by atoms with Gasteiger partial charge < -0.3 is 40.1 Å². The monoisotopic (exact) mass is 501 g/mol. The van der Waals surface area contributed by atoms with E-state index < -0.39 is 6.09 Å². The molecule has 0 radical (unpaired) electrons. The van der Waals surface area contributed by atoms with Crippen LogP contribution in [0, 0.1) is 0 Å². The third-order valence-electron chi connectivity index (χ3n) is 5.49. The summed E-state index contributed by atoms with van der Waals surface area (Å²) in [4.78, 5) is 24.0. The number of alkyl carbamates (subject to hydrolysis) is 1. The Hall–Kier alpha value is -3.02. The van der Waals surface area contributed by atoms with Gasteiger partial charge >= 0.3 is 6.09 Å². The predicted octanol–water partition coefficient (Wildman–Crippen LogP) is 1.62. The van der Waals surface area contributed by atoms with E-state index in [1.54, 1.807) is 0 Å². The summed E-state index contributed by atoms with van der Waals surface area (Å²) in [5.41, 5.74) is 9.89. The molecule has 0 saturated heterocycles. The molecule has 1 aliphatic rings. The molecule has 10 nitrogen and oxygen atoms in total. The maximum Gasteiger partial charge on any atom is 0.407 e. The number of ether oxygens (including phenoxy) is 5. The number of carbonyl (C=O) groups excluding carboxylic acids is 2. The predicted molar refractivity (Wildman–Crippen MR) is 134 cm³/mol. The molecular weight excluding hydrogens is 466 g/mol. The van der Waals surface area contributed by atoms with Crippen molar-refractivity contribution in [2.24, 2.45) is 5.73 Å². The summed E-state index contributed by atoms with van der Waals surface area (Å²) < 4.78 is 26.6. The Morgan fingerprint density at radius 2 is 1.25 bits per heavy atom. The molecule has 0 atom stereocenters. The van der Waals surface area contributed by atoms with E-state index in [1.165, 1.54) is 0 Å². The van der Waals surface area contributed by atoms with Crippen LogP contribution in [-0.2, 0) is 28.5 Å². The fourth-order valence-corrected chi connectivity index (χ4v) is 3.81. The van der Waals surface area contributed by atoms with Crippen LogP contribution in [0.3, 0.4) is 0 Å². The molecular formula is C26H35N3O7. The number of carbonyl (C=O) groups is 2. The minimum Gasteiger partial charge on any atom is -0.449 e. The molecule has 0 fully saturated rings. The number of hydrogen-bond acceptors (Lipinski definition) is 8. The molecule has 0 bridgehead atoms. The van der Waals surface area contributed by atoms with Gasteiger partial charge in [-0.3, -0.25) is 4.79 Å². The molecule has 0 heterocycles. The van der Waals surface area contributed by atoms with Crippen molar-refractivity contribution in [2.75, 3.05) is 72.7 Å². The molecule has 10 heteroatoms. The number of rotatable bonds is 17. The van der Waals surface area contributed by atoms with Gasteiger partial charge in [0.05, 0.1) is 46.2 Å². The smallest absolute Gasteiger partial charge is 0.407 e. The molecule has 0 spiro atoms. The van der Waals surface area contributed by atoms with Gasteiger partial charge in [0.1, 0.15) is 19.9 Å². The van der Waals surface area contributed by atoms with Gasteiger partial charge in [-0.05, 0) is 22.3 Å². The van der Waals surface area contributed by atoms with Gasteiger partial charge in [-0.1, -0.05) is 48.5 Å². The number of benzene rings is 2. The number of nitrogens with one attached hydrogen (secondary N) is 2. The molecule has 0 aromatic heterocycles. The third kappa shape index (κ3) is 8.89. The zero-order valence-electron chi connectivity index (χ0n) is 20.4. The topological polar surface area (TPSA) is 130 Å². The second-order valence-corrected chi connectivity index (χ2v) is 7.96. The first-order chi connectivity index (χ1) is 17.7. The first kappa shape index (κ1) is 27.6. The summed E-state index contributed by atoms with van der Waals surface area (Å²) in [7, 11) is 0. The van der Waals surface area contributed by atoms with Gasteiger partial charge in [-0.25, -0.2) is 4.79 Å². The highest BCUT2D eigenvalue weighted by molar-refractivity contribution is 5.82. The van der Waals surface area contributed by atoms with Crippen LogP contribution >= 0.6 is 0 Å². The zero-order chi connectivity index (χ0) is 25.4. The van der Waals surface area contributed by atoms with E-state index in [1.807, 2.05) is 24.3 Å². The minimum atomic E-state index is -0.644. The molecule has 2 aromatic carbocycles. The number of hydrogen-bond donors (Lipinski definition) is 3. The second-order valence-electron chi connectivity index (χ2n) is 7.96. The van der Waals surface area contributed by atoms with Crippen LogP contribution in [0.25, 0.3) is 11.1 Å². The highest BCUT2D eigenvalue weighted by atomic mass is 16.6. The fraction of sp³-hybridized carbons (Fsp3) is 0.462. The van der Waals surface area contributed by atoms with Gasteiger partial charge in [0.25, 0.3) is 0 Å². The summed E-state index contributed by atoms with van der Waals surface area (Å²) in [6, 6.07) is 16.2. The quantitative estimate of drug-likeness (QED) is 0.220. The van der Waals surface area contributed by atoms with Crippen LogP contribution in [-0.4, -0.2) is 84.7 Å². The lowest BCUT2D eigenvalue weighted by Crippen LogP contribution is -2.38. The summed E-state index contributed by atoms with van der Waals surface area (Å²) in [5, 5.41) is 5.03. The van der Waals surface area contributed by atoms with E-state index in [-0.39, 0.29) is 31.7 Å². The first-order valence-corrected chi connectivity index (χ1v) is 12.1. The average Bonchev–Trinajstić information content (AvgIpc) is 3.22. The lowest BCUT2D eigenvalue weighted by Gasteiger charge is -2.14. The first-order valence-electron chi connectivity index (χ1n) is 12.1. The Morgan fingerprint density at radius 1 is 0.722 bits per heavy atom. The van der Waals surface area contributed by atoms with Crippen molar-refractivity contribution in [2.45, 2.75) is 5.92 Å². The van der Waals surface area contributed by atoms with E-state index in [0.29, 0.717) is 52.8 Å². The molecule has 2 aromatic rings.